The number of carbonyl (C=O) groups excluding carboxylic acids is 1. The maximum atomic E-state index is 13.0. The lowest BCUT2D eigenvalue weighted by molar-refractivity contribution is -0.870. The number of rotatable bonds is 53. The van der Waals surface area contributed by atoms with E-state index in [4.69, 9.17) is 9.05 Å². The zero-order valence-electron chi connectivity index (χ0n) is 48.7. The van der Waals surface area contributed by atoms with Crippen LogP contribution in [0.2, 0.25) is 0 Å². The molecule has 0 aliphatic heterocycles. The number of phosphoric acid groups is 1. The van der Waals surface area contributed by atoms with E-state index in [9.17, 15) is 19.4 Å². The number of aliphatic hydroxyl groups is 1. The lowest BCUT2D eigenvalue weighted by Gasteiger charge is -2.29. The third-order valence-corrected chi connectivity index (χ3v) is 13.6. The van der Waals surface area contributed by atoms with E-state index in [-0.39, 0.29) is 12.5 Å². The van der Waals surface area contributed by atoms with E-state index in [2.05, 4.69) is 141 Å². The summed E-state index contributed by atoms with van der Waals surface area (Å²) in [6.07, 6.45) is 83.8. The highest BCUT2D eigenvalue weighted by molar-refractivity contribution is 7.45. The number of hydrogen-bond acceptors (Lipinski definition) is 6. The van der Waals surface area contributed by atoms with Crippen molar-refractivity contribution >= 4 is 13.7 Å². The molecule has 428 valence electrons. The van der Waals surface area contributed by atoms with Crippen LogP contribution in [0.5, 0.6) is 0 Å². The smallest absolute Gasteiger partial charge is 0.268 e. The average Bonchev–Trinajstić information content (AvgIpc) is 3.37. The quantitative estimate of drug-likeness (QED) is 0.0272. The van der Waals surface area contributed by atoms with Crippen LogP contribution < -0.4 is 10.2 Å². The molecule has 2 N–H and O–H groups in total. The zero-order chi connectivity index (χ0) is 54.9. The van der Waals surface area contributed by atoms with Gasteiger partial charge < -0.3 is 28.8 Å². The summed E-state index contributed by atoms with van der Waals surface area (Å²) in [6.45, 7) is 4.51. The molecule has 0 aliphatic carbocycles. The Labute approximate surface area is 462 Å². The van der Waals surface area contributed by atoms with Gasteiger partial charge in [0.25, 0.3) is 7.82 Å². The number of quaternary nitrogens is 1. The predicted octanol–water partition coefficient (Wildman–Crippen LogP) is 18.1. The van der Waals surface area contributed by atoms with E-state index < -0.39 is 26.6 Å². The Morgan fingerprint density at radius 1 is 0.480 bits per heavy atom. The SMILES string of the molecule is CC/C=C\C/C=C\C/C=C\C/C=C\C/C=C\C/C=C\C/C=C\C/C=C\C/C=C\C/C=C\CCCCCCCCC(=O)NC(COP(=O)([O-])OCC[N+](C)(C)C)C(O)/C=C/CCCCCCCCCCCCCCCC. The van der Waals surface area contributed by atoms with Crippen molar-refractivity contribution in [2.24, 2.45) is 0 Å². The first-order valence-electron chi connectivity index (χ1n) is 30.0. The molecule has 8 nitrogen and oxygen atoms in total. The molecular weight excluding hydrogens is 948 g/mol. The number of amides is 1. The Morgan fingerprint density at radius 3 is 1.19 bits per heavy atom. The summed E-state index contributed by atoms with van der Waals surface area (Å²) >= 11 is 0. The molecule has 0 aliphatic rings. The van der Waals surface area contributed by atoms with Crippen LogP contribution in [-0.2, 0) is 18.4 Å². The molecule has 0 saturated heterocycles. The van der Waals surface area contributed by atoms with Gasteiger partial charge in [-0.1, -0.05) is 257 Å². The molecule has 0 aromatic heterocycles. The summed E-state index contributed by atoms with van der Waals surface area (Å²) in [4.78, 5) is 25.5. The Bertz CT molecular complexity index is 1680. The number of unbranched alkanes of at least 4 members (excludes halogenated alkanes) is 20. The van der Waals surface area contributed by atoms with Gasteiger partial charge in [0.2, 0.25) is 5.91 Å². The summed E-state index contributed by atoms with van der Waals surface area (Å²) in [6, 6.07) is -0.904. The van der Waals surface area contributed by atoms with Gasteiger partial charge >= 0.3 is 0 Å². The van der Waals surface area contributed by atoms with Gasteiger partial charge in [-0.05, 0) is 96.3 Å². The molecule has 0 fully saturated rings. The molecular formula is C66H113N2O6P. The molecule has 0 saturated carbocycles. The lowest BCUT2D eigenvalue weighted by Crippen LogP contribution is -2.45. The van der Waals surface area contributed by atoms with Gasteiger partial charge in [0, 0.05) is 6.42 Å². The minimum absolute atomic E-state index is 0.0108. The van der Waals surface area contributed by atoms with E-state index in [0.29, 0.717) is 17.4 Å². The Hall–Kier alpha value is -3.36. The number of allylic oxidation sites excluding steroid dienone is 21. The van der Waals surface area contributed by atoms with Gasteiger partial charge in [0.1, 0.15) is 13.2 Å². The topological polar surface area (TPSA) is 108 Å². The summed E-state index contributed by atoms with van der Waals surface area (Å²) in [7, 11) is 1.23. The van der Waals surface area contributed by atoms with Crippen molar-refractivity contribution in [3.8, 4) is 0 Å². The molecule has 3 atom stereocenters. The Morgan fingerprint density at radius 2 is 0.813 bits per heavy atom. The standard InChI is InChI=1S/C66H113N2O6P/c1-6-8-10-12-14-16-18-20-22-24-25-26-27-28-29-30-31-32-33-34-35-36-37-38-39-40-41-42-43-44-46-48-50-52-54-56-58-60-66(70)67-64(63-74-75(71,72)73-62-61-68(3,4)5)65(69)59-57-55-53-51-49-47-45-23-21-19-17-15-13-11-9-7-2/h8,10,14,16,20,22,25-26,28-29,31-32,34-35,37-38,40-41,43-44,57,59,64-65,69H,6-7,9,11-13,15,17-19,21,23-24,27,30,33,36,39,42,45-56,58,60-63H2,1-5H3,(H-,67,70,71,72)/b10-8-,16-14-,22-20-,26-25-,29-28-,32-31-,35-34-,38-37-,41-40-,44-43-,59-57+. The van der Waals surface area contributed by atoms with Gasteiger partial charge in [-0.2, -0.15) is 0 Å². The first-order chi connectivity index (χ1) is 36.5. The van der Waals surface area contributed by atoms with Crippen LogP contribution in [0.1, 0.15) is 226 Å². The molecule has 0 radical (unpaired) electrons. The maximum absolute atomic E-state index is 13.0. The fourth-order valence-electron chi connectivity index (χ4n) is 7.94. The predicted molar refractivity (Wildman–Crippen MR) is 325 cm³/mol. The minimum Gasteiger partial charge on any atom is -0.756 e. The summed E-state index contributed by atoms with van der Waals surface area (Å²) in [5.74, 6) is -0.217. The lowest BCUT2D eigenvalue weighted by atomic mass is 10.0. The van der Waals surface area contributed by atoms with Gasteiger partial charge in [-0.25, -0.2) is 0 Å². The van der Waals surface area contributed by atoms with Crippen LogP contribution in [0, 0.1) is 0 Å². The molecule has 75 heavy (non-hydrogen) atoms. The van der Waals surface area contributed by atoms with Crippen LogP contribution in [-0.4, -0.2) is 68.5 Å². The highest BCUT2D eigenvalue weighted by atomic mass is 31.2. The van der Waals surface area contributed by atoms with E-state index in [1.165, 1.54) is 77.0 Å². The molecule has 0 heterocycles. The number of aliphatic hydroxyl groups excluding tert-OH is 1. The zero-order valence-corrected chi connectivity index (χ0v) is 49.6. The highest BCUT2D eigenvalue weighted by Gasteiger charge is 2.23. The fourth-order valence-corrected chi connectivity index (χ4v) is 8.67. The first-order valence-corrected chi connectivity index (χ1v) is 31.5. The monoisotopic (exact) mass is 1060 g/mol. The second kappa shape index (κ2) is 55.4. The van der Waals surface area contributed by atoms with Crippen molar-refractivity contribution < 1.29 is 32.9 Å². The van der Waals surface area contributed by atoms with Crippen LogP contribution in [0.25, 0.3) is 0 Å². The second-order valence-electron chi connectivity index (χ2n) is 21.0. The van der Waals surface area contributed by atoms with E-state index in [0.717, 1.165) is 128 Å². The highest BCUT2D eigenvalue weighted by Crippen LogP contribution is 2.38. The van der Waals surface area contributed by atoms with Crippen molar-refractivity contribution in [3.05, 3.63) is 134 Å². The average molecular weight is 1060 g/mol. The normalized spacial score (nSPS) is 14.8. The van der Waals surface area contributed by atoms with Crippen LogP contribution >= 0.6 is 7.82 Å². The first kappa shape index (κ1) is 71.6. The summed E-state index contributed by atoms with van der Waals surface area (Å²) in [5, 5.41) is 13.9. The maximum Gasteiger partial charge on any atom is 0.268 e. The van der Waals surface area contributed by atoms with Crippen molar-refractivity contribution in [1.29, 1.82) is 0 Å². The third kappa shape index (κ3) is 58.2. The number of nitrogens with one attached hydrogen (secondary N) is 1. The van der Waals surface area contributed by atoms with Gasteiger partial charge in [-0.3, -0.25) is 9.36 Å². The van der Waals surface area contributed by atoms with Crippen molar-refractivity contribution in [3.63, 3.8) is 0 Å². The minimum atomic E-state index is -4.61. The number of hydrogen-bond donors (Lipinski definition) is 2. The van der Waals surface area contributed by atoms with Crippen molar-refractivity contribution in [2.75, 3.05) is 40.9 Å². The molecule has 9 heteroatoms. The van der Waals surface area contributed by atoms with Crippen molar-refractivity contribution in [1.82, 2.24) is 5.32 Å². The molecule has 0 spiro atoms. The molecule has 1 amide bonds. The van der Waals surface area contributed by atoms with E-state index >= 15 is 0 Å². The van der Waals surface area contributed by atoms with Gasteiger partial charge in [0.05, 0.1) is 39.9 Å². The summed E-state index contributed by atoms with van der Waals surface area (Å²) in [5.41, 5.74) is 0. The molecule has 0 aromatic rings. The third-order valence-electron chi connectivity index (χ3n) is 12.6. The fraction of sp³-hybridized carbons (Fsp3) is 0.652. The largest absolute Gasteiger partial charge is 0.756 e. The van der Waals surface area contributed by atoms with Crippen LogP contribution in [0.3, 0.4) is 0 Å². The van der Waals surface area contributed by atoms with E-state index in [1.54, 1.807) is 6.08 Å². The van der Waals surface area contributed by atoms with Crippen LogP contribution in [0.4, 0.5) is 0 Å². The summed E-state index contributed by atoms with van der Waals surface area (Å²) < 4.78 is 23.3. The van der Waals surface area contributed by atoms with Gasteiger partial charge in [0.15, 0.2) is 0 Å². The molecule has 0 rings (SSSR count). The van der Waals surface area contributed by atoms with Gasteiger partial charge in [-0.15, -0.1) is 0 Å². The molecule has 0 aromatic carbocycles. The number of phosphoric ester groups is 1. The second-order valence-corrected chi connectivity index (χ2v) is 22.4. The molecule has 0 bridgehead atoms. The van der Waals surface area contributed by atoms with E-state index in [1.807, 2.05) is 27.2 Å². The molecule has 3 unspecified atom stereocenters. The number of nitrogens with zero attached hydrogens (tertiary/aromatic N) is 1. The Kier molecular flexibility index (Phi) is 52.9. The number of carbonyl (C=O) groups is 1. The van der Waals surface area contributed by atoms with Crippen molar-refractivity contribution in [2.45, 2.75) is 238 Å². The Balaban J connectivity index is 4.22. The van der Waals surface area contributed by atoms with Crippen LogP contribution in [0.15, 0.2) is 134 Å². The number of likely N-dealkylation sites (N-methyl/N-ethyl adjacent to an activating group) is 1.